The fraction of sp³-hybridized carbons (Fsp3) is 0.368. The van der Waals surface area contributed by atoms with Crippen LogP contribution in [-0.2, 0) is 16.6 Å². The average molecular weight is 413 g/mol. The highest BCUT2D eigenvalue weighted by Gasteiger charge is 2.29. The molecule has 0 spiro atoms. The lowest BCUT2D eigenvalue weighted by molar-refractivity contribution is 0.179. The third-order valence-electron chi connectivity index (χ3n) is 4.53. The van der Waals surface area contributed by atoms with Crippen molar-refractivity contribution in [2.75, 3.05) is 32.8 Å². The maximum Gasteiger partial charge on any atom is 0.243 e. The number of nitrogens with zero attached hydrogens (tertiary/aromatic N) is 2. The van der Waals surface area contributed by atoms with Gasteiger partial charge in [-0.25, -0.2) is 12.8 Å². The number of hydrogen-bond donors (Lipinski definition) is 0. The molecule has 1 aliphatic heterocycles. The lowest BCUT2D eigenvalue weighted by Gasteiger charge is -2.34. The Balaban J connectivity index is 1.65. The summed E-state index contributed by atoms with van der Waals surface area (Å²) < 4.78 is 45.9. The van der Waals surface area contributed by atoms with E-state index in [0.717, 1.165) is 23.4 Å². The molecule has 2 aromatic carbocycles. The maximum absolute atomic E-state index is 13.3. The molecular weight excluding hydrogens is 391 g/mol. The van der Waals surface area contributed by atoms with Crippen LogP contribution in [0.1, 0.15) is 12.5 Å². The van der Waals surface area contributed by atoms with Gasteiger partial charge in [-0.05, 0) is 31.2 Å². The van der Waals surface area contributed by atoms with E-state index in [-0.39, 0.29) is 9.92 Å². The monoisotopic (exact) mass is 412 g/mol. The smallest absolute Gasteiger partial charge is 0.243 e. The van der Waals surface area contributed by atoms with Crippen LogP contribution < -0.4 is 4.74 Å². The van der Waals surface area contributed by atoms with Crippen molar-refractivity contribution >= 4 is 21.6 Å². The van der Waals surface area contributed by atoms with Gasteiger partial charge in [-0.15, -0.1) is 0 Å². The van der Waals surface area contributed by atoms with E-state index >= 15 is 0 Å². The highest BCUT2D eigenvalue weighted by molar-refractivity contribution is 7.89. The molecule has 3 rings (SSSR count). The molecule has 1 saturated heterocycles. The molecule has 0 amide bonds. The molecule has 2 aromatic rings. The number of rotatable bonds is 6. The van der Waals surface area contributed by atoms with Gasteiger partial charge in [0.25, 0.3) is 0 Å². The third-order valence-corrected chi connectivity index (χ3v) is 6.71. The van der Waals surface area contributed by atoms with Crippen LogP contribution in [0.25, 0.3) is 0 Å². The van der Waals surface area contributed by atoms with Crippen molar-refractivity contribution in [1.29, 1.82) is 0 Å². The molecule has 0 unspecified atom stereocenters. The first-order chi connectivity index (χ1) is 12.9. The number of piperazine rings is 1. The molecule has 1 fully saturated rings. The highest BCUT2D eigenvalue weighted by atomic mass is 35.5. The van der Waals surface area contributed by atoms with Crippen LogP contribution in [-0.4, -0.2) is 50.4 Å². The molecule has 0 bridgehead atoms. The predicted molar refractivity (Wildman–Crippen MR) is 103 cm³/mol. The van der Waals surface area contributed by atoms with Crippen LogP contribution in [0.4, 0.5) is 4.39 Å². The Morgan fingerprint density at radius 1 is 1.11 bits per heavy atom. The van der Waals surface area contributed by atoms with Gasteiger partial charge in [0.1, 0.15) is 11.6 Å². The Morgan fingerprint density at radius 2 is 1.81 bits per heavy atom. The van der Waals surface area contributed by atoms with E-state index < -0.39 is 15.8 Å². The number of halogens is 2. The quantitative estimate of drug-likeness (QED) is 0.729. The average Bonchev–Trinajstić information content (AvgIpc) is 2.66. The van der Waals surface area contributed by atoms with E-state index in [1.54, 1.807) is 0 Å². The number of hydrogen-bond acceptors (Lipinski definition) is 4. The predicted octanol–water partition coefficient (Wildman–Crippen LogP) is 3.38. The van der Waals surface area contributed by atoms with E-state index in [0.29, 0.717) is 39.3 Å². The Kier molecular flexibility index (Phi) is 6.37. The second-order valence-corrected chi connectivity index (χ2v) is 8.64. The second-order valence-electron chi connectivity index (χ2n) is 6.30. The van der Waals surface area contributed by atoms with Gasteiger partial charge in [0, 0.05) is 38.3 Å². The summed E-state index contributed by atoms with van der Waals surface area (Å²) in [4.78, 5) is 2.21. The van der Waals surface area contributed by atoms with Gasteiger partial charge in [0.2, 0.25) is 10.0 Å². The zero-order valence-electron chi connectivity index (χ0n) is 15.1. The molecule has 0 aromatic heterocycles. The molecular formula is C19H22ClFN2O3S. The van der Waals surface area contributed by atoms with E-state index in [4.69, 9.17) is 16.3 Å². The SMILES string of the molecule is CCOc1ccccc1CN1CCN(S(=O)(=O)c2ccc(F)c(Cl)c2)CC1. The standard InChI is InChI=1S/C19H22ClFN2O3S/c1-2-26-19-6-4-3-5-15(19)14-22-9-11-23(12-10-22)27(24,25)16-7-8-18(21)17(20)13-16/h3-8,13H,2,9-12,14H2,1H3. The molecule has 27 heavy (non-hydrogen) atoms. The Hall–Kier alpha value is -1.67. The number of sulfonamides is 1. The zero-order valence-corrected chi connectivity index (χ0v) is 16.6. The number of benzene rings is 2. The largest absolute Gasteiger partial charge is 0.494 e. The van der Waals surface area contributed by atoms with Crippen LogP contribution in [0.3, 0.4) is 0 Å². The molecule has 146 valence electrons. The topological polar surface area (TPSA) is 49.9 Å². The summed E-state index contributed by atoms with van der Waals surface area (Å²) in [6, 6.07) is 11.4. The normalized spacial score (nSPS) is 16.4. The van der Waals surface area contributed by atoms with Crippen LogP contribution in [0.5, 0.6) is 5.75 Å². The molecule has 0 N–H and O–H groups in total. The van der Waals surface area contributed by atoms with Crippen LogP contribution in [0.15, 0.2) is 47.4 Å². The molecule has 1 heterocycles. The van der Waals surface area contributed by atoms with Crippen molar-refractivity contribution in [3.05, 3.63) is 58.9 Å². The minimum absolute atomic E-state index is 0.0176. The summed E-state index contributed by atoms with van der Waals surface area (Å²) in [6.45, 7) is 5.20. The van der Waals surface area contributed by atoms with Gasteiger partial charge < -0.3 is 4.74 Å². The minimum atomic E-state index is -3.68. The zero-order chi connectivity index (χ0) is 19.4. The van der Waals surface area contributed by atoms with Gasteiger partial charge in [-0.1, -0.05) is 29.8 Å². The molecule has 1 aliphatic rings. The lowest BCUT2D eigenvalue weighted by atomic mass is 10.2. The fourth-order valence-corrected chi connectivity index (χ4v) is 4.78. The second kappa shape index (κ2) is 8.56. The van der Waals surface area contributed by atoms with Crippen molar-refractivity contribution in [1.82, 2.24) is 9.21 Å². The Morgan fingerprint density at radius 3 is 2.48 bits per heavy atom. The molecule has 5 nitrogen and oxygen atoms in total. The summed E-state index contributed by atoms with van der Waals surface area (Å²) in [5.74, 6) is 0.226. The molecule has 0 aliphatic carbocycles. The summed E-state index contributed by atoms with van der Waals surface area (Å²) in [7, 11) is -3.68. The van der Waals surface area contributed by atoms with Crippen molar-refractivity contribution in [3.63, 3.8) is 0 Å². The lowest BCUT2D eigenvalue weighted by Crippen LogP contribution is -2.48. The van der Waals surface area contributed by atoms with Crippen molar-refractivity contribution in [2.24, 2.45) is 0 Å². The van der Waals surface area contributed by atoms with Gasteiger partial charge >= 0.3 is 0 Å². The number of para-hydroxylation sites is 1. The van der Waals surface area contributed by atoms with E-state index in [9.17, 15) is 12.8 Å². The first-order valence-electron chi connectivity index (χ1n) is 8.80. The third kappa shape index (κ3) is 4.60. The minimum Gasteiger partial charge on any atom is -0.494 e. The molecule has 8 heteroatoms. The van der Waals surface area contributed by atoms with Crippen molar-refractivity contribution in [3.8, 4) is 5.75 Å². The summed E-state index contributed by atoms with van der Waals surface area (Å²) in [5, 5.41) is -0.192. The molecule has 0 atom stereocenters. The van der Waals surface area contributed by atoms with Gasteiger partial charge in [0.15, 0.2) is 0 Å². The Bertz CT molecular complexity index is 900. The first kappa shape index (κ1) is 20.1. The van der Waals surface area contributed by atoms with Gasteiger partial charge in [-0.2, -0.15) is 4.31 Å². The molecule has 0 radical (unpaired) electrons. The van der Waals surface area contributed by atoms with Crippen LogP contribution in [0, 0.1) is 5.82 Å². The van der Waals surface area contributed by atoms with Crippen LogP contribution >= 0.6 is 11.6 Å². The molecule has 0 saturated carbocycles. The summed E-state index contributed by atoms with van der Waals surface area (Å²) >= 11 is 5.73. The van der Waals surface area contributed by atoms with Crippen molar-refractivity contribution in [2.45, 2.75) is 18.4 Å². The Labute approximate surface area is 164 Å². The maximum atomic E-state index is 13.3. The van der Waals surface area contributed by atoms with Gasteiger partial charge in [-0.3, -0.25) is 4.90 Å². The first-order valence-corrected chi connectivity index (χ1v) is 10.6. The van der Waals surface area contributed by atoms with Gasteiger partial charge in [0.05, 0.1) is 16.5 Å². The summed E-state index contributed by atoms with van der Waals surface area (Å²) in [5.41, 5.74) is 1.08. The van der Waals surface area contributed by atoms with E-state index in [1.165, 1.54) is 10.4 Å². The highest BCUT2D eigenvalue weighted by Crippen LogP contribution is 2.24. The van der Waals surface area contributed by atoms with Crippen LogP contribution in [0.2, 0.25) is 5.02 Å². The van der Waals surface area contributed by atoms with E-state index in [1.807, 2.05) is 31.2 Å². The fourth-order valence-electron chi connectivity index (χ4n) is 3.09. The number of ether oxygens (including phenoxy) is 1. The summed E-state index contributed by atoms with van der Waals surface area (Å²) in [6.07, 6.45) is 0. The van der Waals surface area contributed by atoms with E-state index in [2.05, 4.69) is 4.90 Å². The van der Waals surface area contributed by atoms with Crippen molar-refractivity contribution < 1.29 is 17.5 Å².